The molecule has 1 aromatic rings. The molecule has 3 heteroatoms. The monoisotopic (exact) mass is 315 g/mol. The van der Waals surface area contributed by atoms with Crippen LogP contribution >= 0.6 is 0 Å². The number of rotatable bonds is 3. The molecule has 1 amide bonds. The minimum absolute atomic E-state index is 0.0995. The summed E-state index contributed by atoms with van der Waals surface area (Å²) >= 11 is 0. The van der Waals surface area contributed by atoms with Crippen molar-refractivity contribution in [3.63, 3.8) is 0 Å². The van der Waals surface area contributed by atoms with Crippen LogP contribution in [0, 0.1) is 23.7 Å². The van der Waals surface area contributed by atoms with E-state index in [9.17, 15) is 4.79 Å². The SMILES string of the molecule is CC(C)[C@@H]1CC[C@@H](C)C[C@H]1C(=O)NC1COc2ccccc2C1. The summed E-state index contributed by atoms with van der Waals surface area (Å²) in [5.41, 5.74) is 1.20. The van der Waals surface area contributed by atoms with Crippen molar-refractivity contribution in [1.82, 2.24) is 5.32 Å². The van der Waals surface area contributed by atoms with E-state index in [4.69, 9.17) is 4.74 Å². The summed E-state index contributed by atoms with van der Waals surface area (Å²) in [4.78, 5) is 12.9. The van der Waals surface area contributed by atoms with Gasteiger partial charge in [0.25, 0.3) is 0 Å². The summed E-state index contributed by atoms with van der Waals surface area (Å²) in [6.45, 7) is 7.36. The van der Waals surface area contributed by atoms with Gasteiger partial charge in [-0.3, -0.25) is 4.79 Å². The molecular formula is C20H29NO2. The molecule has 3 rings (SSSR count). The fourth-order valence-corrected chi connectivity index (χ4v) is 4.23. The van der Waals surface area contributed by atoms with E-state index in [1.807, 2.05) is 18.2 Å². The molecule has 1 heterocycles. The Balaban J connectivity index is 1.64. The van der Waals surface area contributed by atoms with Crippen molar-refractivity contribution >= 4 is 5.91 Å². The van der Waals surface area contributed by atoms with Gasteiger partial charge in [0, 0.05) is 5.92 Å². The first-order valence-corrected chi connectivity index (χ1v) is 9.05. The highest BCUT2D eigenvalue weighted by molar-refractivity contribution is 5.79. The average Bonchev–Trinajstić information content (AvgIpc) is 2.54. The van der Waals surface area contributed by atoms with Crippen LogP contribution < -0.4 is 10.1 Å². The predicted octanol–water partition coefficient (Wildman–Crippen LogP) is 3.81. The lowest BCUT2D eigenvalue weighted by Crippen LogP contribution is -2.48. The Kier molecular flexibility index (Phi) is 4.93. The van der Waals surface area contributed by atoms with Crippen LogP contribution in [0.15, 0.2) is 24.3 Å². The topological polar surface area (TPSA) is 38.3 Å². The van der Waals surface area contributed by atoms with Gasteiger partial charge in [-0.25, -0.2) is 0 Å². The van der Waals surface area contributed by atoms with Gasteiger partial charge in [-0.1, -0.05) is 45.4 Å². The first-order valence-electron chi connectivity index (χ1n) is 9.05. The van der Waals surface area contributed by atoms with E-state index in [0.29, 0.717) is 24.4 Å². The third kappa shape index (κ3) is 3.70. The average molecular weight is 315 g/mol. The van der Waals surface area contributed by atoms with E-state index in [0.717, 1.165) is 18.6 Å². The van der Waals surface area contributed by atoms with Crippen LogP contribution in [0.2, 0.25) is 0 Å². The molecule has 126 valence electrons. The molecule has 23 heavy (non-hydrogen) atoms. The zero-order valence-electron chi connectivity index (χ0n) is 14.5. The van der Waals surface area contributed by atoms with Gasteiger partial charge < -0.3 is 10.1 Å². The minimum Gasteiger partial charge on any atom is -0.491 e. The van der Waals surface area contributed by atoms with Crippen LogP contribution in [-0.2, 0) is 11.2 Å². The quantitative estimate of drug-likeness (QED) is 0.921. The molecule has 0 spiro atoms. The van der Waals surface area contributed by atoms with Crippen molar-refractivity contribution in [1.29, 1.82) is 0 Å². The lowest BCUT2D eigenvalue weighted by molar-refractivity contribution is -0.130. The van der Waals surface area contributed by atoms with Crippen molar-refractivity contribution < 1.29 is 9.53 Å². The molecule has 0 radical (unpaired) electrons. The Bertz CT molecular complexity index is 554. The Morgan fingerprint density at radius 1 is 1.26 bits per heavy atom. The van der Waals surface area contributed by atoms with Crippen molar-refractivity contribution in [2.24, 2.45) is 23.7 Å². The Hall–Kier alpha value is -1.51. The molecule has 1 fully saturated rings. The van der Waals surface area contributed by atoms with Gasteiger partial charge in [0.2, 0.25) is 5.91 Å². The number of hydrogen-bond donors (Lipinski definition) is 1. The molecule has 1 unspecified atom stereocenters. The third-order valence-corrected chi connectivity index (χ3v) is 5.58. The maximum Gasteiger partial charge on any atom is 0.223 e. The van der Waals surface area contributed by atoms with Crippen LogP contribution in [0.3, 0.4) is 0 Å². The summed E-state index contributed by atoms with van der Waals surface area (Å²) in [5, 5.41) is 3.27. The van der Waals surface area contributed by atoms with Crippen LogP contribution in [0.4, 0.5) is 0 Å². The summed E-state index contributed by atoms with van der Waals surface area (Å²) in [7, 11) is 0. The number of ether oxygens (including phenoxy) is 1. The van der Waals surface area contributed by atoms with E-state index in [-0.39, 0.29) is 17.9 Å². The molecule has 1 aliphatic carbocycles. The molecule has 1 saturated carbocycles. The molecule has 4 atom stereocenters. The maximum absolute atomic E-state index is 12.9. The minimum atomic E-state index is 0.0995. The van der Waals surface area contributed by atoms with E-state index >= 15 is 0 Å². The van der Waals surface area contributed by atoms with Gasteiger partial charge in [-0.2, -0.15) is 0 Å². The molecule has 0 bridgehead atoms. The number of carbonyl (C=O) groups is 1. The van der Waals surface area contributed by atoms with Crippen molar-refractivity contribution in [2.45, 2.75) is 52.5 Å². The number of benzene rings is 1. The molecule has 0 aromatic heterocycles. The second kappa shape index (κ2) is 6.94. The maximum atomic E-state index is 12.9. The highest BCUT2D eigenvalue weighted by Crippen LogP contribution is 2.38. The molecule has 1 aromatic carbocycles. The number of amides is 1. The van der Waals surface area contributed by atoms with Gasteiger partial charge in [0.05, 0.1) is 6.04 Å². The smallest absolute Gasteiger partial charge is 0.223 e. The first-order chi connectivity index (χ1) is 11.0. The summed E-state index contributed by atoms with van der Waals surface area (Å²) in [6.07, 6.45) is 4.34. The van der Waals surface area contributed by atoms with Crippen LogP contribution in [-0.4, -0.2) is 18.6 Å². The molecular weight excluding hydrogens is 286 g/mol. The van der Waals surface area contributed by atoms with Crippen LogP contribution in [0.5, 0.6) is 5.75 Å². The van der Waals surface area contributed by atoms with Gasteiger partial charge in [0.15, 0.2) is 0 Å². The molecule has 3 nitrogen and oxygen atoms in total. The normalized spacial score (nSPS) is 30.4. The van der Waals surface area contributed by atoms with Gasteiger partial charge in [-0.05, 0) is 48.6 Å². The lowest BCUT2D eigenvalue weighted by Gasteiger charge is -2.37. The zero-order valence-corrected chi connectivity index (χ0v) is 14.5. The van der Waals surface area contributed by atoms with Gasteiger partial charge >= 0.3 is 0 Å². The predicted molar refractivity (Wildman–Crippen MR) is 92.4 cm³/mol. The van der Waals surface area contributed by atoms with Gasteiger partial charge in [0.1, 0.15) is 12.4 Å². The number of fused-ring (bicyclic) bond motifs is 1. The second-order valence-corrected chi connectivity index (χ2v) is 7.76. The Labute approximate surface area is 139 Å². The molecule has 1 aliphatic heterocycles. The Morgan fingerprint density at radius 2 is 2.04 bits per heavy atom. The molecule has 2 aliphatic rings. The summed E-state index contributed by atoms with van der Waals surface area (Å²) < 4.78 is 5.80. The van der Waals surface area contributed by atoms with E-state index < -0.39 is 0 Å². The van der Waals surface area contributed by atoms with Gasteiger partial charge in [-0.15, -0.1) is 0 Å². The number of carbonyl (C=O) groups excluding carboxylic acids is 1. The Morgan fingerprint density at radius 3 is 2.83 bits per heavy atom. The first kappa shape index (κ1) is 16.4. The van der Waals surface area contributed by atoms with E-state index in [2.05, 4.69) is 32.2 Å². The lowest BCUT2D eigenvalue weighted by atomic mass is 9.69. The van der Waals surface area contributed by atoms with E-state index in [1.54, 1.807) is 0 Å². The van der Waals surface area contributed by atoms with Crippen molar-refractivity contribution in [3.8, 4) is 5.75 Å². The molecule has 1 N–H and O–H groups in total. The van der Waals surface area contributed by atoms with E-state index in [1.165, 1.54) is 18.4 Å². The zero-order chi connectivity index (χ0) is 16.4. The standard InChI is InChI=1S/C20H29NO2/c1-13(2)17-9-8-14(3)10-18(17)20(22)21-16-11-15-6-4-5-7-19(15)23-12-16/h4-7,13-14,16-18H,8-12H2,1-3H3,(H,21,22)/t14-,16?,17+,18-/m1/s1. The third-order valence-electron chi connectivity index (χ3n) is 5.58. The number of para-hydroxylation sites is 1. The fourth-order valence-electron chi connectivity index (χ4n) is 4.23. The highest BCUT2D eigenvalue weighted by Gasteiger charge is 2.36. The van der Waals surface area contributed by atoms with Crippen LogP contribution in [0.1, 0.15) is 45.6 Å². The second-order valence-electron chi connectivity index (χ2n) is 7.76. The number of hydrogen-bond acceptors (Lipinski definition) is 2. The number of nitrogens with one attached hydrogen (secondary N) is 1. The highest BCUT2D eigenvalue weighted by atomic mass is 16.5. The fraction of sp³-hybridized carbons (Fsp3) is 0.650. The molecule has 0 saturated heterocycles. The van der Waals surface area contributed by atoms with Crippen LogP contribution in [0.25, 0.3) is 0 Å². The largest absolute Gasteiger partial charge is 0.491 e. The van der Waals surface area contributed by atoms with Crippen molar-refractivity contribution in [2.75, 3.05) is 6.61 Å². The van der Waals surface area contributed by atoms with Crippen molar-refractivity contribution in [3.05, 3.63) is 29.8 Å². The summed E-state index contributed by atoms with van der Waals surface area (Å²) in [5.74, 6) is 3.11. The summed E-state index contributed by atoms with van der Waals surface area (Å²) in [6, 6.07) is 8.22.